The van der Waals surface area contributed by atoms with Gasteiger partial charge in [0, 0.05) is 19.2 Å². The molecule has 138 valence electrons. The molecule has 1 aliphatic heterocycles. The Morgan fingerprint density at radius 2 is 1.73 bits per heavy atom. The molecule has 26 heavy (non-hydrogen) atoms. The normalized spacial score (nSPS) is 13.2. The van der Waals surface area contributed by atoms with Gasteiger partial charge in [-0.3, -0.25) is 4.79 Å². The van der Waals surface area contributed by atoms with Crippen molar-refractivity contribution < 1.29 is 32.2 Å². The summed E-state index contributed by atoms with van der Waals surface area (Å²) >= 11 is 0. The van der Waals surface area contributed by atoms with Gasteiger partial charge in [0.2, 0.25) is 0 Å². The molecule has 0 radical (unpaired) electrons. The molecule has 0 atom stereocenters. The number of amides is 1. The zero-order valence-corrected chi connectivity index (χ0v) is 13.9. The first-order chi connectivity index (χ1) is 12.3. The molecule has 8 heteroatoms. The van der Waals surface area contributed by atoms with Crippen LogP contribution in [0, 0.1) is 0 Å². The zero-order valence-electron chi connectivity index (χ0n) is 13.9. The van der Waals surface area contributed by atoms with Crippen molar-refractivity contribution in [1.82, 2.24) is 4.90 Å². The van der Waals surface area contributed by atoms with Gasteiger partial charge >= 0.3 is 6.36 Å². The summed E-state index contributed by atoms with van der Waals surface area (Å²) in [6, 6.07) is 10.2. The summed E-state index contributed by atoms with van der Waals surface area (Å²) < 4.78 is 51.3. The first kappa shape index (κ1) is 17.9. The van der Waals surface area contributed by atoms with Gasteiger partial charge in [0.05, 0.1) is 0 Å². The quantitative estimate of drug-likeness (QED) is 0.828. The molecule has 2 aromatic rings. The number of nitrogens with zero attached hydrogens (tertiary/aromatic N) is 1. The second-order valence-corrected chi connectivity index (χ2v) is 5.71. The number of hydrogen-bond donors (Lipinski definition) is 0. The second-order valence-electron chi connectivity index (χ2n) is 5.71. The Morgan fingerprint density at radius 3 is 2.38 bits per heavy atom. The molecule has 0 fully saturated rings. The number of carbonyl (C=O) groups excluding carboxylic acids is 1. The van der Waals surface area contributed by atoms with Gasteiger partial charge < -0.3 is 19.1 Å². The van der Waals surface area contributed by atoms with Crippen molar-refractivity contribution in [2.75, 3.05) is 20.3 Å². The fraction of sp³-hybridized carbons (Fsp3) is 0.278. The first-order valence-corrected chi connectivity index (χ1v) is 7.81. The monoisotopic (exact) mass is 367 g/mol. The van der Waals surface area contributed by atoms with Gasteiger partial charge in [0.15, 0.2) is 11.5 Å². The minimum Gasteiger partial charge on any atom is -0.486 e. The van der Waals surface area contributed by atoms with Crippen LogP contribution in [-0.4, -0.2) is 37.4 Å². The smallest absolute Gasteiger partial charge is 0.486 e. The first-order valence-electron chi connectivity index (χ1n) is 7.81. The van der Waals surface area contributed by atoms with Crippen molar-refractivity contribution in [3.63, 3.8) is 0 Å². The minimum absolute atomic E-state index is 0.263. The summed E-state index contributed by atoms with van der Waals surface area (Å²) in [7, 11) is 1.61. The Kier molecular flexibility index (Phi) is 4.92. The third-order valence-corrected chi connectivity index (χ3v) is 3.71. The predicted molar refractivity (Wildman–Crippen MR) is 86.4 cm³/mol. The Balaban J connectivity index is 1.66. The van der Waals surface area contributed by atoms with Crippen molar-refractivity contribution in [3.05, 3.63) is 53.6 Å². The summed E-state index contributed by atoms with van der Waals surface area (Å²) in [6.45, 7) is 1.28. The molecule has 1 heterocycles. The average Bonchev–Trinajstić information content (AvgIpc) is 2.60. The van der Waals surface area contributed by atoms with E-state index in [1.165, 1.54) is 17.0 Å². The van der Waals surface area contributed by atoms with Crippen LogP contribution in [0.4, 0.5) is 13.2 Å². The largest absolute Gasteiger partial charge is 0.573 e. The highest BCUT2D eigenvalue weighted by atomic mass is 19.4. The van der Waals surface area contributed by atoms with Crippen LogP contribution in [0.2, 0.25) is 0 Å². The molecule has 2 aromatic carbocycles. The molecule has 0 N–H and O–H groups in total. The number of ether oxygens (including phenoxy) is 3. The van der Waals surface area contributed by atoms with E-state index in [2.05, 4.69) is 4.74 Å². The van der Waals surface area contributed by atoms with Crippen LogP contribution in [-0.2, 0) is 6.54 Å². The summed E-state index contributed by atoms with van der Waals surface area (Å²) in [5.41, 5.74) is 1.11. The fourth-order valence-corrected chi connectivity index (χ4v) is 2.55. The number of alkyl halides is 3. The van der Waals surface area contributed by atoms with Gasteiger partial charge in [-0.2, -0.15) is 0 Å². The highest BCUT2D eigenvalue weighted by Gasteiger charge is 2.31. The third-order valence-electron chi connectivity index (χ3n) is 3.71. The van der Waals surface area contributed by atoms with Gasteiger partial charge in [-0.1, -0.05) is 6.07 Å². The number of benzene rings is 2. The van der Waals surface area contributed by atoms with Crippen molar-refractivity contribution >= 4 is 5.91 Å². The van der Waals surface area contributed by atoms with Crippen molar-refractivity contribution in [2.24, 2.45) is 0 Å². The van der Waals surface area contributed by atoms with E-state index in [-0.39, 0.29) is 17.2 Å². The van der Waals surface area contributed by atoms with Gasteiger partial charge in [-0.25, -0.2) is 0 Å². The molecule has 0 saturated heterocycles. The second kappa shape index (κ2) is 7.15. The lowest BCUT2D eigenvalue weighted by Crippen LogP contribution is -2.26. The summed E-state index contributed by atoms with van der Waals surface area (Å²) in [4.78, 5) is 13.9. The molecule has 3 rings (SSSR count). The molecular formula is C18H16F3NO4. The minimum atomic E-state index is -4.76. The van der Waals surface area contributed by atoms with E-state index in [9.17, 15) is 18.0 Å². The number of hydrogen-bond acceptors (Lipinski definition) is 4. The molecule has 0 spiro atoms. The van der Waals surface area contributed by atoms with Gasteiger partial charge in [0.25, 0.3) is 5.91 Å². The Labute approximate surface area is 147 Å². The van der Waals surface area contributed by atoms with Gasteiger partial charge in [-0.15, -0.1) is 13.2 Å². The van der Waals surface area contributed by atoms with Gasteiger partial charge in [-0.05, 0) is 42.0 Å². The van der Waals surface area contributed by atoms with E-state index in [1.807, 2.05) is 6.07 Å². The molecule has 5 nitrogen and oxygen atoms in total. The van der Waals surface area contributed by atoms with E-state index in [0.29, 0.717) is 31.3 Å². The predicted octanol–water partition coefficient (Wildman–Crippen LogP) is 3.63. The maximum absolute atomic E-state index is 12.4. The van der Waals surface area contributed by atoms with E-state index in [4.69, 9.17) is 9.47 Å². The lowest BCUT2D eigenvalue weighted by molar-refractivity contribution is -0.274. The average molecular weight is 367 g/mol. The summed E-state index contributed by atoms with van der Waals surface area (Å²) in [5, 5.41) is 0. The fourth-order valence-electron chi connectivity index (χ4n) is 2.55. The summed E-state index contributed by atoms with van der Waals surface area (Å²) in [5.74, 6) is 0.597. The molecule has 0 bridgehead atoms. The molecule has 0 aromatic heterocycles. The SMILES string of the molecule is CN(Cc1ccc2c(c1)OCCO2)C(=O)c1ccc(OC(F)(F)F)cc1. The molecular weight excluding hydrogens is 351 g/mol. The molecule has 1 aliphatic rings. The van der Waals surface area contributed by atoms with Crippen LogP contribution in [0.15, 0.2) is 42.5 Å². The third kappa shape index (κ3) is 4.38. The van der Waals surface area contributed by atoms with Crippen molar-refractivity contribution in [1.29, 1.82) is 0 Å². The summed E-state index contributed by atoms with van der Waals surface area (Å²) in [6.07, 6.45) is -4.76. The maximum Gasteiger partial charge on any atom is 0.573 e. The standard InChI is InChI=1S/C18H16F3NO4/c1-22(11-12-2-7-15-16(10-12)25-9-8-24-15)17(23)13-3-5-14(6-4-13)26-18(19,20)21/h2-7,10H,8-9,11H2,1H3. The van der Waals surface area contributed by atoms with Crippen molar-refractivity contribution in [3.8, 4) is 17.2 Å². The van der Waals surface area contributed by atoms with E-state index < -0.39 is 6.36 Å². The lowest BCUT2D eigenvalue weighted by Gasteiger charge is -2.21. The maximum atomic E-state index is 12.4. The van der Waals surface area contributed by atoms with Crippen LogP contribution < -0.4 is 14.2 Å². The van der Waals surface area contributed by atoms with Gasteiger partial charge in [0.1, 0.15) is 19.0 Å². The number of fused-ring (bicyclic) bond motifs is 1. The zero-order chi connectivity index (χ0) is 18.7. The van der Waals surface area contributed by atoms with Crippen molar-refractivity contribution in [2.45, 2.75) is 12.9 Å². The molecule has 0 unspecified atom stereocenters. The Hall–Kier alpha value is -2.90. The number of carbonyl (C=O) groups is 1. The lowest BCUT2D eigenvalue weighted by atomic mass is 10.1. The highest BCUT2D eigenvalue weighted by molar-refractivity contribution is 5.94. The van der Waals surface area contributed by atoms with E-state index in [1.54, 1.807) is 19.2 Å². The Bertz CT molecular complexity index is 790. The molecule has 0 aliphatic carbocycles. The molecule has 0 saturated carbocycles. The van der Waals surface area contributed by atoms with Crippen LogP contribution in [0.1, 0.15) is 15.9 Å². The van der Waals surface area contributed by atoms with E-state index in [0.717, 1.165) is 17.7 Å². The number of rotatable bonds is 4. The van der Waals surface area contributed by atoms with E-state index >= 15 is 0 Å². The number of halogens is 3. The van der Waals surface area contributed by atoms with Crippen LogP contribution in [0.5, 0.6) is 17.2 Å². The molecule has 1 amide bonds. The topological polar surface area (TPSA) is 48.0 Å². The van der Waals surface area contributed by atoms with Crippen LogP contribution in [0.25, 0.3) is 0 Å². The van der Waals surface area contributed by atoms with Crippen LogP contribution >= 0.6 is 0 Å². The van der Waals surface area contributed by atoms with Crippen LogP contribution in [0.3, 0.4) is 0 Å². The highest BCUT2D eigenvalue weighted by Crippen LogP contribution is 2.31. The Morgan fingerprint density at radius 1 is 1.08 bits per heavy atom.